The van der Waals surface area contributed by atoms with Crippen molar-refractivity contribution in [1.82, 2.24) is 5.32 Å². The highest BCUT2D eigenvalue weighted by Gasteiger charge is 2.18. The van der Waals surface area contributed by atoms with Gasteiger partial charge in [0.15, 0.2) is 0 Å². The summed E-state index contributed by atoms with van der Waals surface area (Å²) in [5.74, 6) is 0.700. The molecule has 2 aromatic carbocycles. The Morgan fingerprint density at radius 3 is 2.52 bits per heavy atom. The topological polar surface area (TPSA) is 47.6 Å². The fourth-order valence-electron chi connectivity index (χ4n) is 2.20. The smallest absolute Gasteiger partial charge is 0.252 e. The van der Waals surface area contributed by atoms with Gasteiger partial charge in [0.1, 0.15) is 17.3 Å². The van der Waals surface area contributed by atoms with Gasteiger partial charge in [-0.3, -0.25) is 4.79 Å². The fraction of sp³-hybridized carbons (Fsp3) is 0.235. The van der Waals surface area contributed by atoms with Crippen molar-refractivity contribution in [2.75, 3.05) is 14.2 Å². The number of amides is 1. The van der Waals surface area contributed by atoms with E-state index >= 15 is 0 Å². The molecule has 0 aromatic heterocycles. The third kappa shape index (κ3) is 4.13. The van der Waals surface area contributed by atoms with Crippen LogP contribution in [0.25, 0.3) is 0 Å². The van der Waals surface area contributed by atoms with Crippen molar-refractivity contribution in [3.05, 3.63) is 56.9 Å². The van der Waals surface area contributed by atoms with E-state index in [9.17, 15) is 9.18 Å². The molecule has 0 saturated carbocycles. The predicted molar refractivity (Wildman–Crippen MR) is 94.5 cm³/mol. The summed E-state index contributed by atoms with van der Waals surface area (Å²) in [5, 5.41) is 2.90. The molecule has 0 heterocycles. The summed E-state index contributed by atoms with van der Waals surface area (Å²) < 4.78 is 24.3. The number of nitrogens with one attached hydrogen (secondary N) is 1. The van der Waals surface area contributed by atoms with Crippen molar-refractivity contribution < 1.29 is 18.7 Å². The molecule has 1 atom stereocenters. The molecule has 0 aliphatic carbocycles. The second kappa shape index (κ2) is 7.63. The molecule has 0 fully saturated rings. The predicted octanol–water partition coefficient (Wildman–Crippen LogP) is 3.94. The number of hydrogen-bond acceptors (Lipinski definition) is 3. The molecule has 1 N–H and O–H groups in total. The molecule has 6 heteroatoms. The molecular weight excluding hydrogens is 412 g/mol. The van der Waals surface area contributed by atoms with Gasteiger partial charge in [0.25, 0.3) is 5.91 Å². The molecule has 0 saturated heterocycles. The Hall–Kier alpha value is -1.83. The van der Waals surface area contributed by atoms with Crippen LogP contribution < -0.4 is 14.8 Å². The third-order valence-corrected chi connectivity index (χ3v) is 4.32. The van der Waals surface area contributed by atoms with Crippen LogP contribution in [0.15, 0.2) is 36.4 Å². The molecule has 2 aromatic rings. The zero-order chi connectivity index (χ0) is 17.0. The van der Waals surface area contributed by atoms with Crippen molar-refractivity contribution in [3.63, 3.8) is 0 Å². The van der Waals surface area contributed by atoms with Crippen LogP contribution in [0.2, 0.25) is 0 Å². The number of rotatable bonds is 5. The van der Waals surface area contributed by atoms with Gasteiger partial charge >= 0.3 is 0 Å². The molecule has 0 aliphatic heterocycles. The summed E-state index contributed by atoms with van der Waals surface area (Å²) in [6, 6.07) is 9.17. The molecule has 4 nitrogen and oxygen atoms in total. The minimum absolute atomic E-state index is 0.272. The van der Waals surface area contributed by atoms with Gasteiger partial charge in [-0.15, -0.1) is 0 Å². The highest BCUT2D eigenvalue weighted by atomic mass is 127. The summed E-state index contributed by atoms with van der Waals surface area (Å²) in [6.07, 6.45) is 0. The Kier molecular flexibility index (Phi) is 5.81. The highest BCUT2D eigenvalue weighted by Crippen LogP contribution is 2.29. The third-order valence-electron chi connectivity index (χ3n) is 3.43. The molecule has 23 heavy (non-hydrogen) atoms. The van der Waals surface area contributed by atoms with Crippen molar-refractivity contribution in [1.29, 1.82) is 0 Å². The maximum Gasteiger partial charge on any atom is 0.252 e. The lowest BCUT2D eigenvalue weighted by Crippen LogP contribution is -2.27. The zero-order valence-electron chi connectivity index (χ0n) is 13.0. The Labute approximate surface area is 148 Å². The van der Waals surface area contributed by atoms with Crippen LogP contribution in [-0.4, -0.2) is 20.1 Å². The van der Waals surface area contributed by atoms with Crippen LogP contribution >= 0.6 is 22.6 Å². The Morgan fingerprint density at radius 1 is 1.17 bits per heavy atom. The second-order valence-electron chi connectivity index (χ2n) is 4.93. The first-order valence-electron chi connectivity index (χ1n) is 6.94. The molecule has 0 radical (unpaired) electrons. The van der Waals surface area contributed by atoms with E-state index in [1.807, 2.05) is 35.6 Å². The van der Waals surface area contributed by atoms with Crippen LogP contribution in [0.3, 0.4) is 0 Å². The average molecular weight is 429 g/mol. The number of carbonyl (C=O) groups is 1. The molecule has 0 bridgehead atoms. The maximum absolute atomic E-state index is 13.2. The minimum Gasteiger partial charge on any atom is -0.497 e. The van der Waals surface area contributed by atoms with Gasteiger partial charge < -0.3 is 14.8 Å². The fourth-order valence-corrected chi connectivity index (χ4v) is 2.93. The van der Waals surface area contributed by atoms with E-state index in [2.05, 4.69) is 5.32 Å². The molecule has 1 unspecified atom stereocenters. The van der Waals surface area contributed by atoms with E-state index in [1.54, 1.807) is 26.4 Å². The zero-order valence-corrected chi connectivity index (χ0v) is 15.2. The Balaban J connectivity index is 2.24. The van der Waals surface area contributed by atoms with Gasteiger partial charge in [0.05, 0.1) is 25.8 Å². The number of benzene rings is 2. The van der Waals surface area contributed by atoms with E-state index in [1.165, 1.54) is 18.2 Å². The first-order valence-corrected chi connectivity index (χ1v) is 8.02. The van der Waals surface area contributed by atoms with E-state index in [4.69, 9.17) is 9.47 Å². The standard InChI is InChI=1S/C17H17FINO3/c1-10(14-9-12(22-2)5-7-16(14)23-3)20-17(21)13-6-4-11(18)8-15(13)19/h4-10H,1-3H3,(H,20,21). The molecule has 0 spiro atoms. The van der Waals surface area contributed by atoms with Gasteiger partial charge in [-0.25, -0.2) is 4.39 Å². The van der Waals surface area contributed by atoms with E-state index in [-0.39, 0.29) is 17.8 Å². The Bertz CT molecular complexity index is 721. The molecule has 1 amide bonds. The first kappa shape index (κ1) is 17.5. The Morgan fingerprint density at radius 2 is 1.91 bits per heavy atom. The number of hydrogen-bond donors (Lipinski definition) is 1. The number of ether oxygens (including phenoxy) is 2. The van der Waals surface area contributed by atoms with Gasteiger partial charge in [-0.05, 0) is 65.9 Å². The number of methoxy groups -OCH3 is 2. The first-order chi connectivity index (χ1) is 11.0. The molecule has 2 rings (SSSR count). The molecule has 0 aliphatic rings. The van der Waals surface area contributed by atoms with Gasteiger partial charge in [0.2, 0.25) is 0 Å². The highest BCUT2D eigenvalue weighted by molar-refractivity contribution is 14.1. The van der Waals surface area contributed by atoms with E-state index in [0.717, 1.165) is 5.56 Å². The minimum atomic E-state index is -0.367. The summed E-state index contributed by atoms with van der Waals surface area (Å²) in [7, 11) is 3.15. The van der Waals surface area contributed by atoms with Crippen LogP contribution in [0.5, 0.6) is 11.5 Å². The normalized spacial score (nSPS) is 11.7. The average Bonchev–Trinajstić information content (AvgIpc) is 2.53. The van der Waals surface area contributed by atoms with Gasteiger partial charge in [0, 0.05) is 9.13 Å². The summed E-state index contributed by atoms with van der Waals surface area (Å²) in [4.78, 5) is 12.4. The van der Waals surface area contributed by atoms with E-state index in [0.29, 0.717) is 20.6 Å². The lowest BCUT2D eigenvalue weighted by Gasteiger charge is -2.18. The van der Waals surface area contributed by atoms with Crippen LogP contribution in [-0.2, 0) is 0 Å². The lowest BCUT2D eigenvalue weighted by molar-refractivity contribution is 0.0938. The number of halogens is 2. The van der Waals surface area contributed by atoms with Crippen molar-refractivity contribution in [2.45, 2.75) is 13.0 Å². The molecule has 122 valence electrons. The van der Waals surface area contributed by atoms with Gasteiger partial charge in [-0.2, -0.15) is 0 Å². The summed E-state index contributed by atoms with van der Waals surface area (Å²) in [5.41, 5.74) is 1.23. The van der Waals surface area contributed by atoms with Crippen molar-refractivity contribution in [2.24, 2.45) is 0 Å². The van der Waals surface area contributed by atoms with Crippen LogP contribution in [0.1, 0.15) is 28.9 Å². The van der Waals surface area contributed by atoms with Gasteiger partial charge in [-0.1, -0.05) is 0 Å². The summed E-state index contributed by atoms with van der Waals surface area (Å²) >= 11 is 1.94. The summed E-state index contributed by atoms with van der Waals surface area (Å²) in [6.45, 7) is 1.85. The van der Waals surface area contributed by atoms with Crippen molar-refractivity contribution >= 4 is 28.5 Å². The quantitative estimate of drug-likeness (QED) is 0.733. The van der Waals surface area contributed by atoms with Crippen LogP contribution in [0, 0.1) is 9.39 Å². The monoisotopic (exact) mass is 429 g/mol. The number of carbonyl (C=O) groups excluding carboxylic acids is 1. The maximum atomic E-state index is 13.2. The molecular formula is C17H17FINO3. The van der Waals surface area contributed by atoms with Crippen molar-refractivity contribution in [3.8, 4) is 11.5 Å². The SMILES string of the molecule is COc1ccc(OC)c(C(C)NC(=O)c2ccc(F)cc2I)c1. The largest absolute Gasteiger partial charge is 0.497 e. The van der Waals surface area contributed by atoms with E-state index < -0.39 is 0 Å². The second-order valence-corrected chi connectivity index (χ2v) is 6.09. The lowest BCUT2D eigenvalue weighted by atomic mass is 10.1. The van der Waals surface area contributed by atoms with Crippen LogP contribution in [0.4, 0.5) is 4.39 Å².